The first-order chi connectivity index (χ1) is 17.2. The molecule has 0 spiro atoms. The van der Waals surface area contributed by atoms with Crippen molar-refractivity contribution in [1.29, 1.82) is 0 Å². The lowest BCUT2D eigenvalue weighted by atomic mass is 10.0. The highest BCUT2D eigenvalue weighted by atomic mass is 35.5. The van der Waals surface area contributed by atoms with Crippen LogP contribution in [-0.2, 0) is 15.7 Å². The SMILES string of the molecule is CCCCC(=O)OCC(c1cccc(C(F)(F)F)c1)N1CCN(CCCCNC(=O)NCCCl)C1=O. The Labute approximate surface area is 214 Å². The van der Waals surface area contributed by atoms with Gasteiger partial charge in [-0.3, -0.25) is 4.79 Å². The summed E-state index contributed by atoms with van der Waals surface area (Å²) in [4.78, 5) is 39.8. The summed E-state index contributed by atoms with van der Waals surface area (Å²) >= 11 is 5.51. The van der Waals surface area contributed by atoms with Crippen LogP contribution < -0.4 is 10.6 Å². The van der Waals surface area contributed by atoms with Crippen LogP contribution in [0.4, 0.5) is 22.8 Å². The van der Waals surface area contributed by atoms with E-state index < -0.39 is 23.8 Å². The Balaban J connectivity index is 2.01. The van der Waals surface area contributed by atoms with E-state index in [2.05, 4.69) is 10.6 Å². The largest absolute Gasteiger partial charge is 0.463 e. The van der Waals surface area contributed by atoms with Crippen molar-refractivity contribution >= 4 is 29.6 Å². The Bertz CT molecular complexity index is 872. The predicted molar refractivity (Wildman–Crippen MR) is 130 cm³/mol. The molecule has 1 aromatic carbocycles. The van der Waals surface area contributed by atoms with Crippen molar-refractivity contribution in [2.24, 2.45) is 0 Å². The van der Waals surface area contributed by atoms with Gasteiger partial charge in [0.25, 0.3) is 0 Å². The number of hydrogen-bond acceptors (Lipinski definition) is 4. The Kier molecular flexibility index (Phi) is 12.1. The molecule has 0 aromatic heterocycles. The molecule has 2 N–H and O–H groups in total. The van der Waals surface area contributed by atoms with Crippen molar-refractivity contribution in [3.63, 3.8) is 0 Å². The fourth-order valence-corrected chi connectivity index (χ4v) is 3.90. The number of rotatable bonds is 14. The van der Waals surface area contributed by atoms with E-state index in [9.17, 15) is 27.6 Å². The third kappa shape index (κ3) is 9.40. The summed E-state index contributed by atoms with van der Waals surface area (Å²) in [7, 11) is 0. The smallest absolute Gasteiger partial charge is 0.416 e. The minimum absolute atomic E-state index is 0.212. The van der Waals surface area contributed by atoms with Crippen molar-refractivity contribution in [1.82, 2.24) is 20.4 Å². The molecular weight excluding hydrogens is 501 g/mol. The number of carbonyl (C=O) groups is 3. The van der Waals surface area contributed by atoms with Crippen LogP contribution in [0.3, 0.4) is 0 Å². The Morgan fingerprint density at radius 3 is 2.58 bits per heavy atom. The van der Waals surface area contributed by atoms with Gasteiger partial charge in [-0.15, -0.1) is 11.6 Å². The van der Waals surface area contributed by atoms with Crippen LogP contribution in [0, 0.1) is 0 Å². The molecule has 1 aliphatic heterocycles. The van der Waals surface area contributed by atoms with Crippen LogP contribution in [0.5, 0.6) is 0 Å². The van der Waals surface area contributed by atoms with E-state index >= 15 is 0 Å². The molecule has 8 nitrogen and oxygen atoms in total. The molecule has 0 radical (unpaired) electrons. The number of alkyl halides is 4. The highest BCUT2D eigenvalue weighted by Crippen LogP contribution is 2.33. The van der Waals surface area contributed by atoms with Crippen molar-refractivity contribution < 1.29 is 32.3 Å². The van der Waals surface area contributed by atoms with Crippen molar-refractivity contribution in [3.8, 4) is 0 Å². The molecule has 1 fully saturated rings. The standard InChI is InChI=1S/C24H34ClF3N4O4/c1-2-3-9-21(33)36-17-20(18-7-6-8-19(16-18)24(26,27)28)32-15-14-31(23(32)35)13-5-4-11-29-22(34)30-12-10-25/h6-8,16,20H,2-5,9-15,17H2,1H3,(H2,29,30,34). The monoisotopic (exact) mass is 534 g/mol. The number of halogens is 4. The molecule has 0 aliphatic carbocycles. The fourth-order valence-electron chi connectivity index (χ4n) is 3.80. The highest BCUT2D eigenvalue weighted by Gasteiger charge is 2.36. The first kappa shape index (κ1) is 29.5. The van der Waals surface area contributed by atoms with Gasteiger partial charge in [0.2, 0.25) is 0 Å². The molecule has 1 heterocycles. The zero-order chi connectivity index (χ0) is 26.6. The van der Waals surface area contributed by atoms with Crippen molar-refractivity contribution in [3.05, 3.63) is 35.4 Å². The van der Waals surface area contributed by atoms with Crippen molar-refractivity contribution in [2.45, 2.75) is 51.2 Å². The number of nitrogens with one attached hydrogen (secondary N) is 2. The predicted octanol–water partition coefficient (Wildman–Crippen LogP) is 4.54. The number of urea groups is 2. The number of benzene rings is 1. The maximum atomic E-state index is 13.3. The maximum absolute atomic E-state index is 13.3. The number of hydrogen-bond donors (Lipinski definition) is 2. The van der Waals surface area contributed by atoms with Crippen LogP contribution in [0.2, 0.25) is 0 Å². The third-order valence-electron chi connectivity index (χ3n) is 5.76. The normalized spacial score (nSPS) is 14.6. The van der Waals surface area contributed by atoms with E-state index in [0.717, 1.165) is 18.6 Å². The molecule has 2 rings (SSSR count). The Morgan fingerprint density at radius 1 is 1.14 bits per heavy atom. The van der Waals surface area contributed by atoms with E-state index in [0.29, 0.717) is 57.9 Å². The number of carbonyl (C=O) groups excluding carboxylic acids is 3. The van der Waals surface area contributed by atoms with Crippen molar-refractivity contribution in [2.75, 3.05) is 45.2 Å². The van der Waals surface area contributed by atoms with Gasteiger partial charge in [-0.05, 0) is 37.0 Å². The molecule has 0 saturated carbocycles. The minimum atomic E-state index is -4.53. The second-order valence-corrected chi connectivity index (χ2v) is 8.85. The van der Waals surface area contributed by atoms with Crippen LogP contribution in [0.25, 0.3) is 0 Å². The summed E-state index contributed by atoms with van der Waals surface area (Å²) in [5.74, 6) is -0.125. The van der Waals surface area contributed by atoms with Gasteiger partial charge < -0.3 is 25.2 Å². The van der Waals surface area contributed by atoms with E-state index in [1.807, 2.05) is 6.92 Å². The molecule has 0 bridgehead atoms. The molecule has 1 unspecified atom stereocenters. The van der Waals surface area contributed by atoms with Gasteiger partial charge in [0.15, 0.2) is 0 Å². The quantitative estimate of drug-likeness (QED) is 0.208. The highest BCUT2D eigenvalue weighted by molar-refractivity contribution is 6.18. The minimum Gasteiger partial charge on any atom is -0.463 e. The average Bonchev–Trinajstić information content (AvgIpc) is 3.21. The maximum Gasteiger partial charge on any atom is 0.416 e. The second kappa shape index (κ2) is 14.8. The number of amides is 4. The molecule has 202 valence electrons. The summed E-state index contributed by atoms with van der Waals surface area (Å²) in [5.41, 5.74) is -0.566. The van der Waals surface area contributed by atoms with Gasteiger partial charge in [-0.2, -0.15) is 13.2 Å². The Hall–Kier alpha value is -2.69. The molecule has 12 heteroatoms. The summed E-state index contributed by atoms with van der Waals surface area (Å²) in [5, 5.41) is 5.29. The van der Waals surface area contributed by atoms with Gasteiger partial charge in [-0.25, -0.2) is 9.59 Å². The van der Waals surface area contributed by atoms with Gasteiger partial charge in [0.1, 0.15) is 6.61 Å². The zero-order valence-corrected chi connectivity index (χ0v) is 21.2. The average molecular weight is 535 g/mol. The van der Waals surface area contributed by atoms with Gasteiger partial charge in [-0.1, -0.05) is 25.5 Å². The summed E-state index contributed by atoms with van der Waals surface area (Å²) < 4.78 is 45.3. The fraction of sp³-hybridized carbons (Fsp3) is 0.625. The number of nitrogens with zero attached hydrogens (tertiary/aromatic N) is 2. The zero-order valence-electron chi connectivity index (χ0n) is 20.4. The van der Waals surface area contributed by atoms with Gasteiger partial charge >= 0.3 is 24.2 Å². The van der Waals surface area contributed by atoms with E-state index in [4.69, 9.17) is 16.3 Å². The second-order valence-electron chi connectivity index (χ2n) is 8.47. The lowest BCUT2D eigenvalue weighted by molar-refractivity contribution is -0.145. The Morgan fingerprint density at radius 2 is 1.89 bits per heavy atom. The van der Waals surface area contributed by atoms with E-state index in [-0.39, 0.29) is 30.7 Å². The molecule has 1 saturated heterocycles. The van der Waals surface area contributed by atoms with Crippen LogP contribution in [0.1, 0.15) is 56.2 Å². The molecule has 1 atom stereocenters. The van der Waals surface area contributed by atoms with E-state index in [1.54, 1.807) is 4.90 Å². The summed E-state index contributed by atoms with van der Waals surface area (Å²) in [6.07, 6.45) is -1.59. The topological polar surface area (TPSA) is 91.0 Å². The summed E-state index contributed by atoms with van der Waals surface area (Å²) in [6.45, 7) is 3.65. The lowest BCUT2D eigenvalue weighted by Gasteiger charge is -2.28. The number of unbranched alkanes of at least 4 members (excludes halogenated alkanes) is 2. The molecule has 1 aliphatic rings. The molecule has 36 heavy (non-hydrogen) atoms. The first-order valence-electron chi connectivity index (χ1n) is 12.1. The summed E-state index contributed by atoms with van der Waals surface area (Å²) in [6, 6.07) is 3.31. The third-order valence-corrected chi connectivity index (χ3v) is 5.95. The number of ether oxygens (including phenoxy) is 1. The van der Waals surface area contributed by atoms with Crippen LogP contribution in [0.15, 0.2) is 24.3 Å². The van der Waals surface area contributed by atoms with E-state index in [1.165, 1.54) is 17.0 Å². The number of esters is 1. The molecular formula is C24H34ClF3N4O4. The lowest BCUT2D eigenvalue weighted by Crippen LogP contribution is -2.38. The molecule has 4 amide bonds. The van der Waals surface area contributed by atoms with Gasteiger partial charge in [0.05, 0.1) is 11.6 Å². The van der Waals surface area contributed by atoms with Crippen LogP contribution in [-0.4, -0.2) is 73.0 Å². The first-order valence-corrected chi connectivity index (χ1v) is 12.7. The van der Waals surface area contributed by atoms with Gasteiger partial charge in [0, 0.05) is 45.0 Å². The molecule has 1 aromatic rings. The van der Waals surface area contributed by atoms with Crippen LogP contribution >= 0.6 is 11.6 Å².